The number of para-hydroxylation sites is 1. The fourth-order valence-electron chi connectivity index (χ4n) is 1.51. The van der Waals surface area contributed by atoms with Crippen LogP contribution in [0.3, 0.4) is 0 Å². The molecule has 0 amide bonds. The second-order valence-corrected chi connectivity index (χ2v) is 3.64. The van der Waals surface area contributed by atoms with Crippen LogP contribution in [0.2, 0.25) is 0 Å². The van der Waals surface area contributed by atoms with Crippen LogP contribution in [0.5, 0.6) is 5.75 Å². The second-order valence-electron chi connectivity index (χ2n) is 3.64. The molecule has 86 valence electrons. The van der Waals surface area contributed by atoms with Gasteiger partial charge in [0.05, 0.1) is 6.54 Å². The second kappa shape index (κ2) is 5.87. The van der Waals surface area contributed by atoms with Gasteiger partial charge in [-0.15, -0.1) is 0 Å². The average Bonchev–Trinajstić information content (AvgIpc) is 2.40. The number of nitrogens with two attached hydrogens (primary N) is 1. The topological polar surface area (TPSA) is 35.2 Å². The van der Waals surface area contributed by atoms with Gasteiger partial charge in [-0.05, 0) is 23.8 Å². The van der Waals surface area contributed by atoms with E-state index in [0.29, 0.717) is 6.54 Å². The molecule has 2 nitrogen and oxygen atoms in total. The maximum Gasteiger partial charge on any atom is 0.127 e. The zero-order valence-electron chi connectivity index (χ0n) is 9.54. The summed E-state index contributed by atoms with van der Waals surface area (Å²) in [5.74, 6) is 1.56. The van der Waals surface area contributed by atoms with Gasteiger partial charge in [0.1, 0.15) is 11.5 Å². The zero-order valence-corrected chi connectivity index (χ0v) is 9.54. The van der Waals surface area contributed by atoms with Gasteiger partial charge in [-0.1, -0.05) is 48.5 Å². The smallest absolute Gasteiger partial charge is 0.127 e. The van der Waals surface area contributed by atoms with Gasteiger partial charge in [-0.2, -0.15) is 0 Å². The predicted octanol–water partition coefficient (Wildman–Crippen LogP) is 3.07. The maximum absolute atomic E-state index is 5.70. The summed E-state index contributed by atoms with van der Waals surface area (Å²) in [6.07, 6.45) is 1.95. The molecule has 0 aromatic heterocycles. The molecule has 0 aliphatic carbocycles. The van der Waals surface area contributed by atoms with E-state index in [4.69, 9.17) is 10.5 Å². The fraction of sp³-hybridized carbons (Fsp3) is 0.0667. The van der Waals surface area contributed by atoms with Crippen molar-refractivity contribution in [2.45, 2.75) is 0 Å². The Morgan fingerprint density at radius 3 is 2.12 bits per heavy atom. The maximum atomic E-state index is 5.70. The Kier molecular flexibility index (Phi) is 3.95. The molecule has 0 bridgehead atoms. The standard InChI is InChI=1S/C15H15NO/c16-12-15(11-13-7-3-1-4-8-13)17-14-9-5-2-6-10-14/h1-11H,12,16H2. The Labute approximate surface area is 101 Å². The van der Waals surface area contributed by atoms with Gasteiger partial charge in [-0.3, -0.25) is 0 Å². The van der Waals surface area contributed by atoms with Crippen LogP contribution in [0.1, 0.15) is 5.56 Å². The van der Waals surface area contributed by atoms with Crippen LogP contribution in [0.15, 0.2) is 66.4 Å². The minimum Gasteiger partial charge on any atom is -0.460 e. The third kappa shape index (κ3) is 3.47. The molecule has 0 saturated heterocycles. The lowest BCUT2D eigenvalue weighted by Crippen LogP contribution is -2.08. The lowest BCUT2D eigenvalue weighted by Gasteiger charge is -2.08. The molecule has 2 N–H and O–H groups in total. The molecule has 0 fully saturated rings. The average molecular weight is 225 g/mol. The molecule has 17 heavy (non-hydrogen) atoms. The molecule has 0 aliphatic heterocycles. The highest BCUT2D eigenvalue weighted by molar-refractivity contribution is 5.52. The van der Waals surface area contributed by atoms with Gasteiger partial charge in [-0.25, -0.2) is 0 Å². The zero-order chi connectivity index (χ0) is 11.9. The van der Waals surface area contributed by atoms with E-state index in [2.05, 4.69) is 0 Å². The summed E-state index contributed by atoms with van der Waals surface area (Å²) in [4.78, 5) is 0. The third-order valence-electron chi connectivity index (χ3n) is 2.32. The summed E-state index contributed by atoms with van der Waals surface area (Å²) in [5.41, 5.74) is 6.76. The lowest BCUT2D eigenvalue weighted by molar-refractivity contribution is 0.423. The molecular formula is C15H15NO. The molecule has 2 aromatic carbocycles. The van der Waals surface area contributed by atoms with E-state index >= 15 is 0 Å². The lowest BCUT2D eigenvalue weighted by atomic mass is 10.2. The summed E-state index contributed by atoms with van der Waals surface area (Å²) in [5, 5.41) is 0. The minimum absolute atomic E-state index is 0.379. The Bertz CT molecular complexity index is 477. The Hall–Kier alpha value is -2.06. The fourth-order valence-corrected chi connectivity index (χ4v) is 1.51. The Balaban J connectivity index is 2.15. The van der Waals surface area contributed by atoms with E-state index in [0.717, 1.165) is 17.1 Å². The SMILES string of the molecule is NCC(=Cc1ccccc1)Oc1ccccc1. The van der Waals surface area contributed by atoms with Crippen molar-refractivity contribution in [2.75, 3.05) is 6.54 Å². The van der Waals surface area contributed by atoms with E-state index in [1.54, 1.807) is 0 Å². The van der Waals surface area contributed by atoms with Crippen molar-refractivity contribution < 1.29 is 4.74 Å². The van der Waals surface area contributed by atoms with E-state index in [9.17, 15) is 0 Å². The predicted molar refractivity (Wildman–Crippen MR) is 70.5 cm³/mol. The van der Waals surface area contributed by atoms with Crippen LogP contribution in [-0.4, -0.2) is 6.54 Å². The molecule has 2 rings (SSSR count). The first-order valence-electron chi connectivity index (χ1n) is 5.57. The number of rotatable bonds is 4. The van der Waals surface area contributed by atoms with Gasteiger partial charge in [0, 0.05) is 0 Å². The number of hydrogen-bond donors (Lipinski definition) is 1. The van der Waals surface area contributed by atoms with Crippen molar-refractivity contribution in [3.05, 3.63) is 72.0 Å². The van der Waals surface area contributed by atoms with Crippen molar-refractivity contribution in [1.82, 2.24) is 0 Å². The van der Waals surface area contributed by atoms with Crippen LogP contribution >= 0.6 is 0 Å². The van der Waals surface area contributed by atoms with Crippen LogP contribution in [0.4, 0.5) is 0 Å². The summed E-state index contributed by atoms with van der Waals surface area (Å²) in [7, 11) is 0. The van der Waals surface area contributed by atoms with Crippen LogP contribution in [0.25, 0.3) is 6.08 Å². The summed E-state index contributed by atoms with van der Waals surface area (Å²) in [6.45, 7) is 0.379. The molecule has 0 unspecified atom stereocenters. The van der Waals surface area contributed by atoms with Crippen molar-refractivity contribution in [3.63, 3.8) is 0 Å². The molecule has 0 aliphatic rings. The van der Waals surface area contributed by atoms with Crippen molar-refractivity contribution in [1.29, 1.82) is 0 Å². The Morgan fingerprint density at radius 2 is 1.53 bits per heavy atom. The highest BCUT2D eigenvalue weighted by atomic mass is 16.5. The molecule has 0 spiro atoms. The van der Waals surface area contributed by atoms with Gasteiger partial charge >= 0.3 is 0 Å². The first kappa shape index (κ1) is 11.4. The van der Waals surface area contributed by atoms with Gasteiger partial charge in [0.25, 0.3) is 0 Å². The molecule has 2 heteroatoms. The summed E-state index contributed by atoms with van der Waals surface area (Å²) >= 11 is 0. The molecule has 0 atom stereocenters. The monoisotopic (exact) mass is 225 g/mol. The number of benzene rings is 2. The summed E-state index contributed by atoms with van der Waals surface area (Å²) < 4.78 is 5.70. The molecule has 0 heterocycles. The van der Waals surface area contributed by atoms with E-state index in [1.165, 1.54) is 0 Å². The Morgan fingerprint density at radius 1 is 0.941 bits per heavy atom. The third-order valence-corrected chi connectivity index (χ3v) is 2.32. The van der Waals surface area contributed by atoms with Gasteiger partial charge in [0.2, 0.25) is 0 Å². The van der Waals surface area contributed by atoms with Crippen LogP contribution < -0.4 is 10.5 Å². The first-order valence-corrected chi connectivity index (χ1v) is 5.57. The molecule has 0 saturated carbocycles. The van der Waals surface area contributed by atoms with Crippen molar-refractivity contribution >= 4 is 6.08 Å². The number of hydrogen-bond acceptors (Lipinski definition) is 2. The quantitative estimate of drug-likeness (QED) is 0.812. The highest BCUT2D eigenvalue weighted by Crippen LogP contribution is 2.14. The van der Waals surface area contributed by atoms with Gasteiger partial charge in [0.15, 0.2) is 0 Å². The van der Waals surface area contributed by atoms with Crippen LogP contribution in [0, 0.1) is 0 Å². The molecular weight excluding hydrogens is 210 g/mol. The normalized spacial score (nSPS) is 11.2. The largest absolute Gasteiger partial charge is 0.460 e. The van der Waals surface area contributed by atoms with E-state index in [-0.39, 0.29) is 0 Å². The highest BCUT2D eigenvalue weighted by Gasteiger charge is 1.98. The number of ether oxygens (including phenoxy) is 1. The van der Waals surface area contributed by atoms with Gasteiger partial charge < -0.3 is 10.5 Å². The van der Waals surface area contributed by atoms with Crippen LogP contribution in [-0.2, 0) is 0 Å². The van der Waals surface area contributed by atoms with E-state index in [1.807, 2.05) is 66.7 Å². The van der Waals surface area contributed by atoms with Crippen molar-refractivity contribution in [3.8, 4) is 5.75 Å². The summed E-state index contributed by atoms with van der Waals surface area (Å²) in [6, 6.07) is 19.6. The molecule has 0 radical (unpaired) electrons. The first-order chi connectivity index (χ1) is 8.38. The van der Waals surface area contributed by atoms with E-state index < -0.39 is 0 Å². The minimum atomic E-state index is 0.379. The molecule has 2 aromatic rings. The van der Waals surface area contributed by atoms with Crippen molar-refractivity contribution in [2.24, 2.45) is 5.73 Å².